The fourth-order valence-corrected chi connectivity index (χ4v) is 0.407. The van der Waals surface area contributed by atoms with Crippen LogP contribution in [0.4, 0.5) is 0 Å². The van der Waals surface area contributed by atoms with Gasteiger partial charge in [0.15, 0.2) is 0 Å². The molecule has 0 rings (SSSR count). The SMILES string of the molecule is [CH]C(=CCC)CC. The monoisotopic (exact) mass is 96.1 g/mol. The Labute approximate surface area is 46.2 Å². The molecule has 0 aromatic carbocycles. The van der Waals surface area contributed by atoms with Crippen LogP contribution in [0.2, 0.25) is 0 Å². The molecule has 0 unspecified atom stereocenters. The molecular weight excluding hydrogens is 84.1 g/mol. The van der Waals surface area contributed by atoms with Gasteiger partial charge in [0, 0.05) is 0 Å². The molecule has 0 saturated heterocycles. The Morgan fingerprint density at radius 2 is 2.14 bits per heavy atom. The van der Waals surface area contributed by atoms with Crippen molar-refractivity contribution in [2.75, 3.05) is 0 Å². The van der Waals surface area contributed by atoms with Crippen LogP contribution in [0.25, 0.3) is 0 Å². The van der Waals surface area contributed by atoms with Crippen LogP contribution in [-0.4, -0.2) is 0 Å². The molecular formula is C7H12. The van der Waals surface area contributed by atoms with Gasteiger partial charge in [-0.05, 0) is 19.8 Å². The highest BCUT2D eigenvalue weighted by Gasteiger charge is 1.77. The lowest BCUT2D eigenvalue weighted by molar-refractivity contribution is 1.10. The van der Waals surface area contributed by atoms with E-state index in [1.807, 2.05) is 6.08 Å². The van der Waals surface area contributed by atoms with E-state index in [0.29, 0.717) is 0 Å². The first kappa shape index (κ1) is 6.74. The number of hydrogen-bond acceptors (Lipinski definition) is 0. The van der Waals surface area contributed by atoms with E-state index in [2.05, 4.69) is 13.8 Å². The normalized spacial score (nSPS) is 12.1. The first-order chi connectivity index (χ1) is 3.31. The molecule has 0 aliphatic heterocycles. The van der Waals surface area contributed by atoms with Crippen LogP contribution >= 0.6 is 0 Å². The molecule has 0 aliphatic rings. The van der Waals surface area contributed by atoms with Crippen molar-refractivity contribution in [3.63, 3.8) is 0 Å². The third-order valence-corrected chi connectivity index (χ3v) is 0.875. The molecule has 0 fully saturated rings. The lowest BCUT2D eigenvalue weighted by atomic mass is 10.2. The number of rotatable bonds is 2. The van der Waals surface area contributed by atoms with Crippen molar-refractivity contribution in [3.05, 3.63) is 18.6 Å². The van der Waals surface area contributed by atoms with E-state index >= 15 is 0 Å². The zero-order chi connectivity index (χ0) is 5.70. The third kappa shape index (κ3) is 3.57. The van der Waals surface area contributed by atoms with Crippen molar-refractivity contribution < 1.29 is 0 Å². The summed E-state index contributed by atoms with van der Waals surface area (Å²) in [5.74, 6) is 0. The molecule has 0 N–H and O–H groups in total. The third-order valence-electron chi connectivity index (χ3n) is 0.875. The summed E-state index contributed by atoms with van der Waals surface area (Å²) in [4.78, 5) is 0. The average molecular weight is 96.2 g/mol. The zero-order valence-corrected chi connectivity index (χ0v) is 5.07. The molecule has 0 aromatic rings. The van der Waals surface area contributed by atoms with Crippen molar-refractivity contribution in [2.45, 2.75) is 26.7 Å². The maximum atomic E-state index is 5.44. The van der Waals surface area contributed by atoms with Crippen LogP contribution in [-0.2, 0) is 0 Å². The standard InChI is InChI=1S/C7H12/c1-4-6-7(3)5-2/h3,6H,4-5H2,1-2H3. The summed E-state index contributed by atoms with van der Waals surface area (Å²) in [5.41, 5.74) is 1.00. The Bertz CT molecular complexity index is 60.4. The van der Waals surface area contributed by atoms with Gasteiger partial charge in [-0.2, -0.15) is 0 Å². The maximum absolute atomic E-state index is 5.44. The summed E-state index contributed by atoms with van der Waals surface area (Å²) < 4.78 is 0. The highest BCUT2D eigenvalue weighted by molar-refractivity contribution is 5.03. The number of hydrogen-bond donors (Lipinski definition) is 0. The predicted octanol–water partition coefficient (Wildman–Crippen LogP) is 2.44. The molecule has 0 amide bonds. The van der Waals surface area contributed by atoms with Crippen LogP contribution in [0.5, 0.6) is 0 Å². The zero-order valence-electron chi connectivity index (χ0n) is 5.07. The second-order valence-corrected chi connectivity index (χ2v) is 1.54. The van der Waals surface area contributed by atoms with Gasteiger partial charge in [0.2, 0.25) is 0 Å². The van der Waals surface area contributed by atoms with Gasteiger partial charge >= 0.3 is 0 Å². The topological polar surface area (TPSA) is 0 Å². The molecule has 40 valence electrons. The predicted molar refractivity (Wildman–Crippen MR) is 33.0 cm³/mol. The lowest BCUT2D eigenvalue weighted by Crippen LogP contribution is -1.68. The fourth-order valence-electron chi connectivity index (χ4n) is 0.407. The van der Waals surface area contributed by atoms with Gasteiger partial charge in [-0.1, -0.05) is 25.5 Å². The Kier molecular flexibility index (Phi) is 3.77. The molecule has 0 spiro atoms. The maximum Gasteiger partial charge on any atom is -0.00601 e. The van der Waals surface area contributed by atoms with Crippen LogP contribution in [0.15, 0.2) is 11.6 Å². The summed E-state index contributed by atoms with van der Waals surface area (Å²) in [6, 6.07) is 0. The lowest BCUT2D eigenvalue weighted by Gasteiger charge is -1.87. The first-order valence-electron chi connectivity index (χ1n) is 2.75. The highest BCUT2D eigenvalue weighted by atomic mass is 13.8. The molecule has 7 heavy (non-hydrogen) atoms. The first-order valence-corrected chi connectivity index (χ1v) is 2.75. The van der Waals surface area contributed by atoms with Gasteiger partial charge in [-0.25, -0.2) is 0 Å². The van der Waals surface area contributed by atoms with Crippen molar-refractivity contribution in [1.29, 1.82) is 0 Å². The van der Waals surface area contributed by atoms with Crippen molar-refractivity contribution in [2.24, 2.45) is 0 Å². The minimum atomic E-state index is 0.980. The molecule has 0 aromatic heterocycles. The van der Waals surface area contributed by atoms with E-state index in [9.17, 15) is 0 Å². The van der Waals surface area contributed by atoms with E-state index in [-0.39, 0.29) is 0 Å². The quantitative estimate of drug-likeness (QED) is 0.495. The summed E-state index contributed by atoms with van der Waals surface area (Å²) in [7, 11) is 0. The Morgan fingerprint density at radius 3 is 2.29 bits per heavy atom. The largest absolute Gasteiger partial charge is 0.0853 e. The van der Waals surface area contributed by atoms with Crippen molar-refractivity contribution in [1.82, 2.24) is 0 Å². The van der Waals surface area contributed by atoms with E-state index in [0.717, 1.165) is 18.4 Å². The van der Waals surface area contributed by atoms with Gasteiger partial charge in [0.1, 0.15) is 0 Å². The Balaban J connectivity index is 3.29. The van der Waals surface area contributed by atoms with Crippen molar-refractivity contribution >= 4 is 0 Å². The van der Waals surface area contributed by atoms with Crippen molar-refractivity contribution in [3.8, 4) is 0 Å². The minimum Gasteiger partial charge on any atom is -0.0853 e. The molecule has 0 nitrogen and oxygen atoms in total. The summed E-state index contributed by atoms with van der Waals surface area (Å²) in [6.45, 7) is 9.59. The van der Waals surface area contributed by atoms with E-state index in [4.69, 9.17) is 6.92 Å². The summed E-state index contributed by atoms with van der Waals surface area (Å²) in [5, 5.41) is 0. The molecule has 0 bridgehead atoms. The molecule has 0 aliphatic carbocycles. The Morgan fingerprint density at radius 1 is 1.57 bits per heavy atom. The smallest absolute Gasteiger partial charge is 0.00601 e. The average Bonchev–Trinajstić information content (AvgIpc) is 1.68. The van der Waals surface area contributed by atoms with Gasteiger partial charge in [-0.15, -0.1) is 0 Å². The highest BCUT2D eigenvalue weighted by Crippen LogP contribution is 1.97. The Hall–Kier alpha value is -0.260. The van der Waals surface area contributed by atoms with Crippen LogP contribution in [0.1, 0.15) is 26.7 Å². The molecule has 2 radical (unpaired) electrons. The summed E-state index contributed by atoms with van der Waals surface area (Å²) in [6.07, 6.45) is 4.08. The van der Waals surface area contributed by atoms with Crippen LogP contribution in [0, 0.1) is 6.92 Å². The summed E-state index contributed by atoms with van der Waals surface area (Å²) >= 11 is 0. The van der Waals surface area contributed by atoms with Gasteiger partial charge in [0.25, 0.3) is 0 Å². The van der Waals surface area contributed by atoms with Crippen LogP contribution < -0.4 is 0 Å². The van der Waals surface area contributed by atoms with E-state index < -0.39 is 0 Å². The molecule has 0 saturated carbocycles. The van der Waals surface area contributed by atoms with Gasteiger partial charge < -0.3 is 0 Å². The minimum absolute atomic E-state index is 0.980. The second kappa shape index (κ2) is 3.91. The van der Waals surface area contributed by atoms with Gasteiger partial charge in [0.05, 0.1) is 0 Å². The fraction of sp³-hybridized carbons (Fsp3) is 0.571. The van der Waals surface area contributed by atoms with Gasteiger partial charge in [-0.3, -0.25) is 0 Å². The molecule has 0 heterocycles. The molecule has 0 heteroatoms. The van der Waals surface area contributed by atoms with E-state index in [1.54, 1.807) is 0 Å². The van der Waals surface area contributed by atoms with E-state index in [1.165, 1.54) is 0 Å². The van der Waals surface area contributed by atoms with Crippen LogP contribution in [0.3, 0.4) is 0 Å². The molecule has 0 atom stereocenters. The number of allylic oxidation sites excluding steroid dienone is 2. The second-order valence-electron chi connectivity index (χ2n) is 1.54.